The van der Waals surface area contributed by atoms with Gasteiger partial charge in [0.1, 0.15) is 0 Å². The second kappa shape index (κ2) is 5.11. The summed E-state index contributed by atoms with van der Waals surface area (Å²) in [6, 6.07) is 4.77. The molecule has 4 nitrogen and oxygen atoms in total. The number of alkyl halides is 3. The Hall–Kier alpha value is -2.31. The van der Waals surface area contributed by atoms with Crippen molar-refractivity contribution >= 4 is 17.5 Å². The molecule has 0 spiro atoms. The van der Waals surface area contributed by atoms with Crippen molar-refractivity contribution in [2.24, 2.45) is 35.5 Å². The summed E-state index contributed by atoms with van der Waals surface area (Å²) in [7, 11) is 0. The Bertz CT molecular complexity index is 798. The molecule has 1 aromatic carbocycles. The monoisotopic (exact) mass is 362 g/mol. The Kier molecular flexibility index (Phi) is 3.13. The predicted molar refractivity (Wildman–Crippen MR) is 86.5 cm³/mol. The highest BCUT2D eigenvalue weighted by Crippen LogP contribution is 2.65. The van der Waals surface area contributed by atoms with E-state index in [0.717, 1.165) is 18.6 Å². The maximum atomic E-state index is 12.8. The molecule has 3 fully saturated rings. The van der Waals surface area contributed by atoms with Crippen molar-refractivity contribution in [3.8, 4) is 0 Å². The Balaban J connectivity index is 1.33. The number of imide groups is 1. The van der Waals surface area contributed by atoms with E-state index in [1.54, 1.807) is 0 Å². The van der Waals surface area contributed by atoms with E-state index in [9.17, 15) is 22.8 Å². The maximum Gasteiger partial charge on any atom is 0.416 e. The quantitative estimate of drug-likeness (QED) is 0.664. The normalized spacial score (nSPS) is 37.0. The van der Waals surface area contributed by atoms with Gasteiger partial charge in [-0.15, -0.1) is 0 Å². The molecule has 2 bridgehead atoms. The topological polar surface area (TPSA) is 49.4 Å². The van der Waals surface area contributed by atoms with Crippen LogP contribution in [0, 0.1) is 35.5 Å². The molecule has 6 rings (SSSR count). The Morgan fingerprint density at radius 1 is 1.04 bits per heavy atom. The summed E-state index contributed by atoms with van der Waals surface area (Å²) in [5, 5.41) is 2.81. The van der Waals surface area contributed by atoms with Crippen LogP contribution in [-0.2, 0) is 15.8 Å². The van der Waals surface area contributed by atoms with E-state index in [1.165, 1.54) is 17.0 Å². The minimum atomic E-state index is -4.43. The molecular formula is C19H17F3N2O2. The van der Waals surface area contributed by atoms with Crippen LogP contribution in [0.4, 0.5) is 18.9 Å². The van der Waals surface area contributed by atoms with Crippen LogP contribution in [0.5, 0.6) is 0 Å². The molecule has 6 atom stereocenters. The predicted octanol–water partition coefficient (Wildman–Crippen LogP) is 3.13. The van der Waals surface area contributed by atoms with E-state index in [1.807, 2.05) is 0 Å². The zero-order valence-electron chi connectivity index (χ0n) is 13.7. The third-order valence-corrected chi connectivity index (χ3v) is 6.39. The largest absolute Gasteiger partial charge is 0.416 e. The number of halogens is 3. The van der Waals surface area contributed by atoms with Crippen LogP contribution in [0.2, 0.25) is 0 Å². The van der Waals surface area contributed by atoms with Crippen LogP contribution in [0.15, 0.2) is 36.4 Å². The number of rotatable bonds is 3. The Morgan fingerprint density at radius 2 is 1.65 bits per heavy atom. The first kappa shape index (κ1) is 15.9. The van der Waals surface area contributed by atoms with E-state index in [-0.39, 0.29) is 47.8 Å². The molecule has 136 valence electrons. The highest BCUT2D eigenvalue weighted by Gasteiger charge is 2.66. The summed E-state index contributed by atoms with van der Waals surface area (Å²) in [4.78, 5) is 26.8. The summed E-state index contributed by atoms with van der Waals surface area (Å²) < 4.78 is 38.4. The van der Waals surface area contributed by atoms with E-state index in [0.29, 0.717) is 11.8 Å². The molecule has 26 heavy (non-hydrogen) atoms. The molecule has 4 aliphatic carbocycles. The Morgan fingerprint density at radius 3 is 2.23 bits per heavy atom. The van der Waals surface area contributed by atoms with Gasteiger partial charge < -0.3 is 5.32 Å². The summed E-state index contributed by atoms with van der Waals surface area (Å²) in [5.74, 6) is 0.385. The van der Waals surface area contributed by atoms with Gasteiger partial charge >= 0.3 is 6.18 Å². The molecule has 0 unspecified atom stereocenters. The Labute approximate surface area is 148 Å². The van der Waals surface area contributed by atoms with Crippen molar-refractivity contribution in [1.29, 1.82) is 0 Å². The molecule has 1 heterocycles. The first-order valence-corrected chi connectivity index (χ1v) is 8.81. The first-order valence-electron chi connectivity index (χ1n) is 8.81. The lowest BCUT2D eigenvalue weighted by Crippen LogP contribution is -2.40. The molecule has 1 N–H and O–H groups in total. The van der Waals surface area contributed by atoms with Crippen LogP contribution in [0.25, 0.3) is 0 Å². The van der Waals surface area contributed by atoms with Crippen molar-refractivity contribution in [2.45, 2.75) is 12.6 Å². The standard InChI is InChI=1S/C19H17F3N2O2/c20-19(21,22)9-2-1-3-10(6-9)23-8-24-17(25)15-11-4-5-12(14-7-13(11)14)16(15)18(24)26/h1-6,11-16,23H,7-8H2/t11-,12-,13-,14-,15-,16+/m0/s1. The zero-order chi connectivity index (χ0) is 18.2. The van der Waals surface area contributed by atoms with Gasteiger partial charge in [0.05, 0.1) is 24.1 Å². The van der Waals surface area contributed by atoms with E-state index >= 15 is 0 Å². The second-order valence-corrected chi connectivity index (χ2v) is 7.67. The number of amides is 2. The fraction of sp³-hybridized carbons (Fsp3) is 0.474. The molecule has 1 aliphatic heterocycles. The highest BCUT2D eigenvalue weighted by molar-refractivity contribution is 6.06. The number of likely N-dealkylation sites (tertiary alicyclic amines) is 1. The number of hydrogen-bond acceptors (Lipinski definition) is 3. The molecule has 0 aromatic heterocycles. The number of carbonyl (C=O) groups is 2. The smallest absolute Gasteiger partial charge is 0.367 e. The molecule has 0 radical (unpaired) electrons. The van der Waals surface area contributed by atoms with Gasteiger partial charge in [-0.3, -0.25) is 14.5 Å². The van der Waals surface area contributed by atoms with Crippen LogP contribution in [0.1, 0.15) is 12.0 Å². The summed E-state index contributed by atoms with van der Waals surface area (Å²) in [6.45, 7) is -0.0965. The van der Waals surface area contributed by atoms with Crippen molar-refractivity contribution < 1.29 is 22.8 Å². The molecule has 5 aliphatic rings. The molecule has 1 aromatic rings. The summed E-state index contributed by atoms with van der Waals surface area (Å²) >= 11 is 0. The highest BCUT2D eigenvalue weighted by atomic mass is 19.4. The van der Waals surface area contributed by atoms with Crippen molar-refractivity contribution in [2.75, 3.05) is 12.0 Å². The number of allylic oxidation sites excluding steroid dienone is 2. The van der Waals surface area contributed by atoms with Crippen LogP contribution in [-0.4, -0.2) is 23.4 Å². The molecule has 2 amide bonds. The third-order valence-electron chi connectivity index (χ3n) is 6.39. The number of anilines is 1. The first-order chi connectivity index (χ1) is 12.4. The number of carbonyl (C=O) groups excluding carboxylic acids is 2. The molecule has 2 saturated carbocycles. The third kappa shape index (κ3) is 2.15. The van der Waals surface area contributed by atoms with Gasteiger partial charge in [-0.05, 0) is 48.3 Å². The minimum absolute atomic E-state index is 0.0965. The summed E-state index contributed by atoms with van der Waals surface area (Å²) in [6.07, 6.45) is 0.847. The number of benzene rings is 1. The van der Waals surface area contributed by atoms with E-state index in [4.69, 9.17) is 0 Å². The van der Waals surface area contributed by atoms with Crippen molar-refractivity contribution in [1.82, 2.24) is 4.90 Å². The number of hydrogen-bond donors (Lipinski definition) is 1. The minimum Gasteiger partial charge on any atom is -0.367 e. The lowest BCUT2D eigenvalue weighted by atomic mass is 9.63. The van der Waals surface area contributed by atoms with Crippen LogP contribution < -0.4 is 5.32 Å². The van der Waals surface area contributed by atoms with E-state index in [2.05, 4.69) is 17.5 Å². The lowest BCUT2D eigenvalue weighted by molar-refractivity contribution is -0.140. The number of nitrogens with one attached hydrogen (secondary N) is 1. The zero-order valence-corrected chi connectivity index (χ0v) is 13.7. The van der Waals surface area contributed by atoms with Crippen LogP contribution >= 0.6 is 0 Å². The average Bonchev–Trinajstić information content (AvgIpc) is 3.38. The summed E-state index contributed by atoms with van der Waals surface area (Å²) in [5.41, 5.74) is -0.531. The van der Waals surface area contributed by atoms with Gasteiger partial charge in [0.25, 0.3) is 0 Å². The average molecular weight is 362 g/mol. The number of nitrogens with zero attached hydrogens (tertiary/aromatic N) is 1. The molecule has 7 heteroatoms. The van der Waals surface area contributed by atoms with Gasteiger partial charge in [-0.1, -0.05) is 18.2 Å². The SMILES string of the molecule is O=C1[C@@H]2[C@H]3C=C[C@@H]([C@@H]4C[C@@H]34)[C@@H]2C(=O)N1CNc1cccc(C(F)(F)F)c1. The lowest BCUT2D eigenvalue weighted by Gasteiger charge is -2.37. The van der Waals surface area contributed by atoms with Crippen molar-refractivity contribution in [3.05, 3.63) is 42.0 Å². The maximum absolute atomic E-state index is 12.8. The fourth-order valence-electron chi connectivity index (χ4n) is 5.15. The van der Waals surface area contributed by atoms with Gasteiger partial charge in [0, 0.05) is 5.69 Å². The van der Waals surface area contributed by atoms with Gasteiger partial charge in [0.15, 0.2) is 0 Å². The fourth-order valence-corrected chi connectivity index (χ4v) is 5.15. The molecular weight excluding hydrogens is 345 g/mol. The second-order valence-electron chi connectivity index (χ2n) is 7.67. The molecule has 1 saturated heterocycles. The van der Waals surface area contributed by atoms with Crippen LogP contribution in [0.3, 0.4) is 0 Å². The van der Waals surface area contributed by atoms with Gasteiger partial charge in [0.2, 0.25) is 11.8 Å². The van der Waals surface area contributed by atoms with Gasteiger partial charge in [-0.25, -0.2) is 0 Å². The van der Waals surface area contributed by atoms with E-state index < -0.39 is 11.7 Å². The van der Waals surface area contributed by atoms with Crippen molar-refractivity contribution in [3.63, 3.8) is 0 Å². The van der Waals surface area contributed by atoms with Gasteiger partial charge in [-0.2, -0.15) is 13.2 Å².